The SMILES string of the molecule is Cc1ncsc1CNCC(C)(C)CCO. The maximum absolute atomic E-state index is 8.89. The Balaban J connectivity index is 2.30. The molecule has 0 aliphatic rings. The largest absolute Gasteiger partial charge is 0.396 e. The molecule has 0 amide bonds. The molecule has 1 rings (SSSR count). The number of rotatable bonds is 6. The maximum Gasteiger partial charge on any atom is 0.0798 e. The van der Waals surface area contributed by atoms with Crippen LogP contribution in [0.5, 0.6) is 0 Å². The fourth-order valence-corrected chi connectivity index (χ4v) is 2.15. The Morgan fingerprint density at radius 1 is 1.53 bits per heavy atom. The minimum absolute atomic E-state index is 0.160. The van der Waals surface area contributed by atoms with E-state index in [-0.39, 0.29) is 12.0 Å². The molecule has 0 atom stereocenters. The summed E-state index contributed by atoms with van der Waals surface area (Å²) in [5, 5.41) is 12.3. The van der Waals surface area contributed by atoms with Gasteiger partial charge in [-0.2, -0.15) is 0 Å². The molecule has 15 heavy (non-hydrogen) atoms. The summed E-state index contributed by atoms with van der Waals surface area (Å²) in [6.45, 7) is 8.42. The van der Waals surface area contributed by atoms with E-state index in [1.807, 2.05) is 12.4 Å². The number of hydrogen-bond donors (Lipinski definition) is 2. The lowest BCUT2D eigenvalue weighted by molar-refractivity contribution is 0.207. The Morgan fingerprint density at radius 3 is 2.80 bits per heavy atom. The highest BCUT2D eigenvalue weighted by Gasteiger charge is 2.16. The van der Waals surface area contributed by atoms with Gasteiger partial charge in [0.1, 0.15) is 0 Å². The highest BCUT2D eigenvalue weighted by molar-refractivity contribution is 7.09. The Bertz CT molecular complexity index is 297. The molecule has 0 aromatic carbocycles. The molecule has 0 radical (unpaired) electrons. The van der Waals surface area contributed by atoms with Crippen molar-refractivity contribution in [2.45, 2.75) is 33.7 Å². The average molecular weight is 228 g/mol. The Hall–Kier alpha value is -0.450. The molecular formula is C11H20N2OS. The molecule has 86 valence electrons. The molecule has 0 spiro atoms. The van der Waals surface area contributed by atoms with Crippen molar-refractivity contribution in [1.82, 2.24) is 10.3 Å². The van der Waals surface area contributed by atoms with E-state index in [4.69, 9.17) is 5.11 Å². The van der Waals surface area contributed by atoms with Crippen molar-refractivity contribution in [3.05, 3.63) is 16.1 Å². The summed E-state index contributed by atoms with van der Waals surface area (Å²) < 4.78 is 0. The number of aromatic nitrogens is 1. The summed E-state index contributed by atoms with van der Waals surface area (Å²) in [7, 11) is 0. The van der Waals surface area contributed by atoms with Crippen molar-refractivity contribution in [1.29, 1.82) is 0 Å². The van der Waals surface area contributed by atoms with Gasteiger partial charge in [0.2, 0.25) is 0 Å². The van der Waals surface area contributed by atoms with Crippen LogP contribution in [-0.2, 0) is 6.54 Å². The van der Waals surface area contributed by atoms with Crippen molar-refractivity contribution < 1.29 is 5.11 Å². The van der Waals surface area contributed by atoms with Crippen molar-refractivity contribution in [2.75, 3.05) is 13.2 Å². The number of thiazole rings is 1. The molecule has 0 bridgehead atoms. The first-order valence-corrected chi connectivity index (χ1v) is 6.14. The van der Waals surface area contributed by atoms with Crippen LogP contribution in [0.15, 0.2) is 5.51 Å². The van der Waals surface area contributed by atoms with Crippen LogP contribution in [0.25, 0.3) is 0 Å². The zero-order valence-electron chi connectivity index (χ0n) is 9.71. The summed E-state index contributed by atoms with van der Waals surface area (Å²) >= 11 is 1.69. The van der Waals surface area contributed by atoms with E-state index >= 15 is 0 Å². The molecule has 3 nitrogen and oxygen atoms in total. The second-order valence-electron chi connectivity index (χ2n) is 4.60. The van der Waals surface area contributed by atoms with E-state index in [0.29, 0.717) is 0 Å². The first kappa shape index (κ1) is 12.6. The van der Waals surface area contributed by atoms with E-state index in [0.717, 1.165) is 25.2 Å². The normalized spacial score (nSPS) is 12.0. The van der Waals surface area contributed by atoms with E-state index in [9.17, 15) is 0 Å². The van der Waals surface area contributed by atoms with Gasteiger partial charge >= 0.3 is 0 Å². The highest BCUT2D eigenvalue weighted by atomic mass is 32.1. The molecule has 0 aliphatic carbocycles. The van der Waals surface area contributed by atoms with Crippen molar-refractivity contribution >= 4 is 11.3 Å². The molecule has 4 heteroatoms. The second-order valence-corrected chi connectivity index (χ2v) is 5.54. The predicted molar refractivity (Wildman–Crippen MR) is 64.0 cm³/mol. The average Bonchev–Trinajstić information content (AvgIpc) is 2.51. The van der Waals surface area contributed by atoms with Gasteiger partial charge in [0.05, 0.1) is 11.2 Å². The lowest BCUT2D eigenvalue weighted by Gasteiger charge is -2.23. The minimum atomic E-state index is 0.160. The predicted octanol–water partition coefficient (Wildman–Crippen LogP) is 1.95. The highest BCUT2D eigenvalue weighted by Crippen LogP contribution is 2.19. The van der Waals surface area contributed by atoms with Gasteiger partial charge in [-0.15, -0.1) is 11.3 Å². The summed E-state index contributed by atoms with van der Waals surface area (Å²) in [6, 6.07) is 0. The van der Waals surface area contributed by atoms with Gasteiger partial charge < -0.3 is 10.4 Å². The molecule has 0 unspecified atom stereocenters. The lowest BCUT2D eigenvalue weighted by Crippen LogP contribution is -2.29. The van der Waals surface area contributed by atoms with Gasteiger partial charge in [-0.25, -0.2) is 4.98 Å². The van der Waals surface area contributed by atoms with E-state index < -0.39 is 0 Å². The quantitative estimate of drug-likeness (QED) is 0.782. The van der Waals surface area contributed by atoms with Crippen LogP contribution in [-0.4, -0.2) is 23.2 Å². The number of nitrogens with one attached hydrogen (secondary N) is 1. The Labute approximate surface area is 95.6 Å². The van der Waals surface area contributed by atoms with Crippen molar-refractivity contribution in [3.63, 3.8) is 0 Å². The molecule has 0 fully saturated rings. The monoisotopic (exact) mass is 228 g/mol. The number of hydrogen-bond acceptors (Lipinski definition) is 4. The number of aliphatic hydroxyl groups excluding tert-OH is 1. The summed E-state index contributed by atoms with van der Waals surface area (Å²) in [6.07, 6.45) is 0.835. The molecule has 0 aliphatic heterocycles. The topological polar surface area (TPSA) is 45.2 Å². The molecule has 0 saturated heterocycles. The van der Waals surface area contributed by atoms with Crippen LogP contribution in [0.3, 0.4) is 0 Å². The van der Waals surface area contributed by atoms with E-state index in [1.54, 1.807) is 11.3 Å². The third kappa shape index (κ3) is 4.28. The maximum atomic E-state index is 8.89. The van der Waals surface area contributed by atoms with Gasteiger partial charge in [-0.3, -0.25) is 0 Å². The Morgan fingerprint density at radius 2 is 2.27 bits per heavy atom. The third-order valence-corrected chi connectivity index (χ3v) is 3.46. The summed E-state index contributed by atoms with van der Waals surface area (Å²) in [5.41, 5.74) is 3.16. The molecule has 0 saturated carbocycles. The number of aliphatic hydroxyl groups is 1. The van der Waals surface area contributed by atoms with Crippen LogP contribution in [0.1, 0.15) is 30.8 Å². The number of nitrogens with zero attached hydrogens (tertiary/aromatic N) is 1. The number of aryl methyl sites for hydroxylation is 1. The van der Waals surface area contributed by atoms with Crippen LogP contribution in [0.4, 0.5) is 0 Å². The Kier molecular flexibility index (Phi) is 4.70. The summed E-state index contributed by atoms with van der Waals surface area (Å²) in [5.74, 6) is 0. The minimum Gasteiger partial charge on any atom is -0.396 e. The van der Waals surface area contributed by atoms with Crippen LogP contribution >= 0.6 is 11.3 Å². The zero-order valence-corrected chi connectivity index (χ0v) is 10.5. The lowest BCUT2D eigenvalue weighted by atomic mass is 9.90. The summed E-state index contributed by atoms with van der Waals surface area (Å²) in [4.78, 5) is 5.51. The fourth-order valence-electron chi connectivity index (χ4n) is 1.40. The second kappa shape index (κ2) is 5.58. The zero-order chi connectivity index (χ0) is 11.3. The van der Waals surface area contributed by atoms with E-state index in [2.05, 4.69) is 24.1 Å². The molecule has 1 heterocycles. The van der Waals surface area contributed by atoms with Crippen LogP contribution in [0.2, 0.25) is 0 Å². The third-order valence-electron chi connectivity index (χ3n) is 2.52. The van der Waals surface area contributed by atoms with Gasteiger partial charge in [0.15, 0.2) is 0 Å². The van der Waals surface area contributed by atoms with E-state index in [1.165, 1.54) is 4.88 Å². The standard InChI is InChI=1S/C11H20N2OS/c1-9-10(15-8-13-9)6-12-7-11(2,3)4-5-14/h8,12,14H,4-7H2,1-3H3. The molecule has 1 aromatic rings. The van der Waals surface area contributed by atoms with Gasteiger partial charge in [0, 0.05) is 24.6 Å². The fraction of sp³-hybridized carbons (Fsp3) is 0.727. The molecular weight excluding hydrogens is 208 g/mol. The van der Waals surface area contributed by atoms with Crippen molar-refractivity contribution in [3.8, 4) is 0 Å². The first-order chi connectivity index (χ1) is 7.05. The van der Waals surface area contributed by atoms with Crippen molar-refractivity contribution in [2.24, 2.45) is 5.41 Å². The van der Waals surface area contributed by atoms with Crippen LogP contribution < -0.4 is 5.32 Å². The molecule has 2 N–H and O–H groups in total. The molecule has 1 aromatic heterocycles. The van der Waals surface area contributed by atoms with Crippen LogP contribution in [0, 0.1) is 12.3 Å². The van der Waals surface area contributed by atoms with Gasteiger partial charge in [-0.1, -0.05) is 13.8 Å². The smallest absolute Gasteiger partial charge is 0.0798 e. The van der Waals surface area contributed by atoms with Gasteiger partial charge in [-0.05, 0) is 18.8 Å². The first-order valence-electron chi connectivity index (χ1n) is 5.26. The van der Waals surface area contributed by atoms with Gasteiger partial charge in [0.25, 0.3) is 0 Å².